The molecule has 0 spiro atoms. The summed E-state index contributed by atoms with van der Waals surface area (Å²) in [5, 5.41) is 0.700. The lowest BCUT2D eigenvalue weighted by Gasteiger charge is -2.22. The molecule has 0 radical (unpaired) electrons. The molecule has 0 N–H and O–H groups in total. The number of methoxy groups -OCH3 is 2. The van der Waals surface area contributed by atoms with Gasteiger partial charge < -0.3 is 14.4 Å². The molecule has 0 fully saturated rings. The average molecular weight is 436 g/mol. The lowest BCUT2D eigenvalue weighted by atomic mass is 10.1. The first-order valence-corrected chi connectivity index (χ1v) is 9.81. The zero-order valence-corrected chi connectivity index (χ0v) is 18.9. The Morgan fingerprint density at radius 2 is 1.79 bits per heavy atom. The quantitative estimate of drug-likeness (QED) is 0.555. The SMILES string of the molecule is COc1ccc(C(=O)N(CCN(C)C)c2nc3c(C)cccc3s2)cc1OC.Cl. The Morgan fingerprint density at radius 3 is 2.41 bits per heavy atom. The van der Waals surface area contributed by atoms with Crippen LogP contribution >= 0.6 is 23.7 Å². The summed E-state index contributed by atoms with van der Waals surface area (Å²) >= 11 is 1.53. The van der Waals surface area contributed by atoms with Gasteiger partial charge in [-0.1, -0.05) is 23.5 Å². The molecule has 156 valence electrons. The monoisotopic (exact) mass is 435 g/mol. The summed E-state index contributed by atoms with van der Waals surface area (Å²) in [6.45, 7) is 3.30. The first-order valence-electron chi connectivity index (χ1n) is 8.99. The van der Waals surface area contributed by atoms with E-state index in [1.54, 1.807) is 37.3 Å². The minimum absolute atomic E-state index is 0. The number of halogens is 1. The summed E-state index contributed by atoms with van der Waals surface area (Å²) in [6, 6.07) is 11.3. The van der Waals surface area contributed by atoms with Gasteiger partial charge in [0.05, 0.1) is 24.4 Å². The Bertz CT molecular complexity index is 990. The lowest BCUT2D eigenvalue weighted by Crippen LogP contribution is -2.36. The first-order chi connectivity index (χ1) is 13.4. The van der Waals surface area contributed by atoms with Crippen LogP contribution in [0, 0.1) is 6.92 Å². The topological polar surface area (TPSA) is 54.9 Å². The molecule has 8 heteroatoms. The molecule has 0 aliphatic heterocycles. The minimum atomic E-state index is -0.112. The van der Waals surface area contributed by atoms with Gasteiger partial charge in [0.1, 0.15) is 0 Å². The van der Waals surface area contributed by atoms with Crippen LogP contribution in [0.5, 0.6) is 11.5 Å². The number of nitrogens with zero attached hydrogens (tertiary/aromatic N) is 3. The molecule has 0 saturated carbocycles. The molecule has 1 amide bonds. The third-order valence-electron chi connectivity index (χ3n) is 4.49. The van der Waals surface area contributed by atoms with Gasteiger partial charge in [-0.2, -0.15) is 0 Å². The first kappa shape index (κ1) is 22.9. The number of carbonyl (C=O) groups excluding carboxylic acids is 1. The van der Waals surface area contributed by atoms with Crippen LogP contribution in [0.2, 0.25) is 0 Å². The van der Waals surface area contributed by atoms with E-state index in [2.05, 4.69) is 0 Å². The van der Waals surface area contributed by atoms with E-state index in [-0.39, 0.29) is 18.3 Å². The number of hydrogen-bond acceptors (Lipinski definition) is 6. The van der Waals surface area contributed by atoms with E-state index in [1.165, 1.54) is 11.3 Å². The maximum atomic E-state index is 13.4. The molecule has 2 aromatic carbocycles. The minimum Gasteiger partial charge on any atom is -0.493 e. The Morgan fingerprint density at radius 1 is 1.07 bits per heavy atom. The molecule has 3 rings (SSSR count). The van der Waals surface area contributed by atoms with Crippen molar-refractivity contribution < 1.29 is 14.3 Å². The van der Waals surface area contributed by atoms with Crippen LogP contribution in [0.3, 0.4) is 0 Å². The second kappa shape index (κ2) is 9.91. The molecule has 3 aromatic rings. The van der Waals surface area contributed by atoms with Crippen LogP contribution in [0.4, 0.5) is 5.13 Å². The van der Waals surface area contributed by atoms with E-state index in [9.17, 15) is 4.79 Å². The molecule has 1 heterocycles. The predicted molar refractivity (Wildman–Crippen MR) is 121 cm³/mol. The number of likely N-dealkylation sites (N-methyl/N-ethyl adjacent to an activating group) is 1. The highest BCUT2D eigenvalue weighted by Gasteiger charge is 2.23. The summed E-state index contributed by atoms with van der Waals surface area (Å²) in [5.74, 6) is 1.01. The van der Waals surface area contributed by atoms with Crippen molar-refractivity contribution >= 4 is 45.0 Å². The van der Waals surface area contributed by atoms with Crippen molar-refractivity contribution in [2.24, 2.45) is 0 Å². The molecule has 0 aliphatic carbocycles. The number of carbonyl (C=O) groups is 1. The Balaban J connectivity index is 0.00000300. The van der Waals surface area contributed by atoms with Gasteiger partial charge in [0, 0.05) is 18.7 Å². The van der Waals surface area contributed by atoms with Crippen LogP contribution in [0.1, 0.15) is 15.9 Å². The van der Waals surface area contributed by atoms with Crippen LogP contribution in [-0.2, 0) is 0 Å². The fraction of sp³-hybridized carbons (Fsp3) is 0.333. The third kappa shape index (κ3) is 4.98. The number of fused-ring (bicyclic) bond motifs is 1. The second-order valence-electron chi connectivity index (χ2n) is 6.75. The molecular weight excluding hydrogens is 410 g/mol. The van der Waals surface area contributed by atoms with Gasteiger partial charge in [0.2, 0.25) is 0 Å². The zero-order valence-electron chi connectivity index (χ0n) is 17.3. The van der Waals surface area contributed by atoms with Gasteiger partial charge in [-0.3, -0.25) is 9.69 Å². The molecule has 0 unspecified atom stereocenters. The highest BCUT2D eigenvalue weighted by molar-refractivity contribution is 7.22. The number of aryl methyl sites for hydroxylation is 1. The zero-order chi connectivity index (χ0) is 20.3. The molecule has 0 bridgehead atoms. The van der Waals surface area contributed by atoms with Gasteiger partial charge >= 0.3 is 0 Å². The van der Waals surface area contributed by atoms with Gasteiger partial charge in [-0.05, 0) is 50.8 Å². The lowest BCUT2D eigenvalue weighted by molar-refractivity contribution is 0.0985. The Hall–Kier alpha value is -2.35. The van der Waals surface area contributed by atoms with E-state index in [1.807, 2.05) is 44.1 Å². The smallest absolute Gasteiger partial charge is 0.260 e. The normalized spacial score (nSPS) is 10.7. The van der Waals surface area contributed by atoms with Gasteiger partial charge in [0.15, 0.2) is 16.6 Å². The predicted octanol–water partition coefficient (Wildman–Crippen LogP) is 4.25. The number of thiazole rings is 1. The molecule has 0 aliphatic rings. The maximum Gasteiger partial charge on any atom is 0.260 e. The Kier molecular flexibility index (Phi) is 7.84. The Labute approximate surface area is 181 Å². The van der Waals surface area contributed by atoms with E-state index < -0.39 is 0 Å². The van der Waals surface area contributed by atoms with Crippen LogP contribution in [-0.4, -0.2) is 57.2 Å². The number of amides is 1. The van der Waals surface area contributed by atoms with Crippen LogP contribution < -0.4 is 14.4 Å². The summed E-state index contributed by atoms with van der Waals surface area (Å²) < 4.78 is 11.7. The third-order valence-corrected chi connectivity index (χ3v) is 5.53. The maximum absolute atomic E-state index is 13.4. The van der Waals surface area contributed by atoms with Gasteiger partial charge in [0.25, 0.3) is 5.91 Å². The van der Waals surface area contributed by atoms with Crippen LogP contribution in [0.25, 0.3) is 10.2 Å². The van der Waals surface area contributed by atoms with Crippen molar-refractivity contribution in [2.75, 3.05) is 46.3 Å². The molecule has 0 saturated heterocycles. The molecule has 29 heavy (non-hydrogen) atoms. The second-order valence-corrected chi connectivity index (χ2v) is 7.76. The fourth-order valence-electron chi connectivity index (χ4n) is 2.90. The van der Waals surface area contributed by atoms with E-state index >= 15 is 0 Å². The van der Waals surface area contributed by atoms with Crippen molar-refractivity contribution in [3.63, 3.8) is 0 Å². The van der Waals surface area contributed by atoms with Gasteiger partial charge in [-0.15, -0.1) is 12.4 Å². The van der Waals surface area contributed by atoms with Crippen molar-refractivity contribution in [1.29, 1.82) is 0 Å². The van der Waals surface area contributed by atoms with Gasteiger partial charge in [-0.25, -0.2) is 4.98 Å². The summed E-state index contributed by atoms with van der Waals surface area (Å²) in [6.07, 6.45) is 0. The fourth-order valence-corrected chi connectivity index (χ4v) is 3.97. The number of anilines is 1. The number of rotatable bonds is 7. The van der Waals surface area contributed by atoms with E-state index in [0.717, 1.165) is 22.3 Å². The standard InChI is InChI=1S/C21H25N3O3S.ClH/c1-14-7-6-8-18-19(14)22-21(28-18)24(12-11-23(2)3)20(25)15-9-10-16(26-4)17(13-15)27-5;/h6-10,13H,11-12H2,1-5H3;1H. The van der Waals surface area contributed by atoms with Crippen LogP contribution in [0.15, 0.2) is 36.4 Å². The van der Waals surface area contributed by atoms with Crippen molar-refractivity contribution in [1.82, 2.24) is 9.88 Å². The summed E-state index contributed by atoms with van der Waals surface area (Å²) in [7, 11) is 7.11. The highest BCUT2D eigenvalue weighted by Crippen LogP contribution is 2.33. The number of hydrogen-bond donors (Lipinski definition) is 0. The molecule has 6 nitrogen and oxygen atoms in total. The van der Waals surface area contributed by atoms with E-state index in [0.29, 0.717) is 28.7 Å². The van der Waals surface area contributed by atoms with Crippen molar-refractivity contribution in [3.8, 4) is 11.5 Å². The number of benzene rings is 2. The molecule has 1 aromatic heterocycles. The number of aromatic nitrogens is 1. The summed E-state index contributed by atoms with van der Waals surface area (Å²) in [5.41, 5.74) is 2.58. The number of para-hydroxylation sites is 1. The van der Waals surface area contributed by atoms with Crippen molar-refractivity contribution in [2.45, 2.75) is 6.92 Å². The molecular formula is C21H26ClN3O3S. The van der Waals surface area contributed by atoms with Crippen molar-refractivity contribution in [3.05, 3.63) is 47.5 Å². The highest BCUT2D eigenvalue weighted by atomic mass is 35.5. The number of ether oxygens (including phenoxy) is 2. The largest absolute Gasteiger partial charge is 0.493 e. The van der Waals surface area contributed by atoms with E-state index in [4.69, 9.17) is 14.5 Å². The summed E-state index contributed by atoms with van der Waals surface area (Å²) in [4.78, 5) is 21.9. The molecule has 0 atom stereocenters. The average Bonchev–Trinajstić information content (AvgIpc) is 3.12.